The van der Waals surface area contributed by atoms with Crippen LogP contribution in [0.15, 0.2) is 29.4 Å². The minimum Gasteiger partial charge on any atom is -0.376 e. The highest BCUT2D eigenvalue weighted by Gasteiger charge is 2.21. The molecule has 0 aliphatic carbocycles. The monoisotopic (exact) mass is 449 g/mol. The van der Waals surface area contributed by atoms with Gasteiger partial charge >= 0.3 is 0 Å². The minimum atomic E-state index is -0.476. The maximum Gasteiger partial charge on any atom is 0.209 e. The molecule has 1 aliphatic heterocycles. The van der Waals surface area contributed by atoms with Gasteiger partial charge in [-0.2, -0.15) is 0 Å². The van der Waals surface area contributed by atoms with Crippen molar-refractivity contribution in [2.75, 3.05) is 12.4 Å². The summed E-state index contributed by atoms with van der Waals surface area (Å²) in [5, 5.41) is 12.4. The fourth-order valence-electron chi connectivity index (χ4n) is 3.67. The first-order valence-electron chi connectivity index (χ1n) is 9.62. The molecular formula is C20H21ClFN5O2S. The second-order valence-electron chi connectivity index (χ2n) is 7.21. The van der Waals surface area contributed by atoms with E-state index >= 15 is 0 Å². The molecule has 2 aromatic heterocycles. The molecule has 0 spiro atoms. The summed E-state index contributed by atoms with van der Waals surface area (Å²) >= 11 is 7.24. The van der Waals surface area contributed by atoms with Gasteiger partial charge in [0.2, 0.25) is 5.16 Å². The lowest BCUT2D eigenvalue weighted by Crippen LogP contribution is -2.17. The van der Waals surface area contributed by atoms with E-state index in [1.165, 1.54) is 17.8 Å². The van der Waals surface area contributed by atoms with Crippen LogP contribution in [0.1, 0.15) is 34.6 Å². The molecular weight excluding hydrogens is 429 g/mol. The number of aryl methyl sites for hydroxylation is 1. The first kappa shape index (κ1) is 21.0. The second-order valence-corrected chi connectivity index (χ2v) is 8.56. The highest BCUT2D eigenvalue weighted by molar-refractivity contribution is 7.99. The van der Waals surface area contributed by atoms with Gasteiger partial charge < -0.3 is 9.30 Å². The van der Waals surface area contributed by atoms with E-state index < -0.39 is 5.82 Å². The number of rotatable bonds is 7. The SMILES string of the molecule is Cc1cc(C(=O)CSc2nnnn2C[C@H]2CCCO2)c(C)n1-c1ccc(F)c(Cl)c1. The normalized spacial score (nSPS) is 16.3. The van der Waals surface area contributed by atoms with Crippen molar-refractivity contribution in [3.8, 4) is 5.69 Å². The fraction of sp³-hybridized carbons (Fsp3) is 0.400. The van der Waals surface area contributed by atoms with Crippen LogP contribution < -0.4 is 0 Å². The zero-order valence-corrected chi connectivity index (χ0v) is 18.2. The number of ether oxygens (including phenoxy) is 1. The van der Waals surface area contributed by atoms with E-state index in [-0.39, 0.29) is 22.7 Å². The molecule has 1 aromatic carbocycles. The molecule has 1 aliphatic rings. The van der Waals surface area contributed by atoms with Gasteiger partial charge in [0.1, 0.15) is 5.82 Å². The smallest absolute Gasteiger partial charge is 0.209 e. The van der Waals surface area contributed by atoms with Crippen LogP contribution in [0.25, 0.3) is 5.69 Å². The molecule has 158 valence electrons. The number of carbonyl (C=O) groups is 1. The van der Waals surface area contributed by atoms with E-state index in [2.05, 4.69) is 15.5 Å². The number of Topliss-reactive ketones (excluding diaryl/α,β-unsaturated/α-hetero) is 1. The number of aromatic nitrogens is 5. The van der Waals surface area contributed by atoms with E-state index in [0.29, 0.717) is 23.0 Å². The minimum absolute atomic E-state index is 0.0285. The van der Waals surface area contributed by atoms with Crippen LogP contribution >= 0.6 is 23.4 Å². The number of nitrogens with zero attached hydrogens (tertiary/aromatic N) is 5. The molecule has 3 heterocycles. The molecule has 3 aromatic rings. The first-order valence-corrected chi connectivity index (χ1v) is 11.0. The Bertz CT molecular complexity index is 1080. The van der Waals surface area contributed by atoms with Gasteiger partial charge in [-0.05, 0) is 61.4 Å². The lowest BCUT2D eigenvalue weighted by atomic mass is 10.2. The van der Waals surface area contributed by atoms with Crippen molar-refractivity contribution in [1.82, 2.24) is 24.8 Å². The Hall–Kier alpha value is -2.23. The van der Waals surface area contributed by atoms with Crippen LogP contribution in [0.5, 0.6) is 0 Å². The molecule has 1 saturated heterocycles. The lowest BCUT2D eigenvalue weighted by molar-refractivity contribution is 0.0912. The average molecular weight is 450 g/mol. The van der Waals surface area contributed by atoms with E-state index in [9.17, 15) is 9.18 Å². The zero-order chi connectivity index (χ0) is 21.3. The van der Waals surface area contributed by atoms with Crippen molar-refractivity contribution in [2.24, 2.45) is 0 Å². The van der Waals surface area contributed by atoms with Crippen LogP contribution in [0.3, 0.4) is 0 Å². The van der Waals surface area contributed by atoms with Crippen molar-refractivity contribution in [3.05, 3.63) is 52.1 Å². The summed E-state index contributed by atoms with van der Waals surface area (Å²) < 4.78 is 22.7. The summed E-state index contributed by atoms with van der Waals surface area (Å²) in [5.74, 6) is -0.295. The maximum atomic E-state index is 13.5. The number of ketones is 1. The van der Waals surface area contributed by atoms with E-state index in [1.54, 1.807) is 16.8 Å². The van der Waals surface area contributed by atoms with Gasteiger partial charge in [-0.1, -0.05) is 23.4 Å². The third-order valence-corrected chi connectivity index (χ3v) is 6.37. The summed E-state index contributed by atoms with van der Waals surface area (Å²) in [6.07, 6.45) is 2.15. The largest absolute Gasteiger partial charge is 0.376 e. The van der Waals surface area contributed by atoms with E-state index in [0.717, 1.165) is 30.8 Å². The van der Waals surface area contributed by atoms with Gasteiger partial charge in [-0.25, -0.2) is 9.07 Å². The maximum absolute atomic E-state index is 13.5. The molecule has 1 atom stereocenters. The third-order valence-electron chi connectivity index (χ3n) is 5.12. The van der Waals surface area contributed by atoms with Crippen molar-refractivity contribution >= 4 is 29.1 Å². The molecule has 30 heavy (non-hydrogen) atoms. The Morgan fingerprint density at radius 3 is 2.93 bits per heavy atom. The Kier molecular flexibility index (Phi) is 6.21. The molecule has 0 N–H and O–H groups in total. The number of tetrazole rings is 1. The quantitative estimate of drug-likeness (QED) is 0.400. The zero-order valence-electron chi connectivity index (χ0n) is 16.6. The van der Waals surface area contributed by atoms with Crippen molar-refractivity contribution < 1.29 is 13.9 Å². The summed E-state index contributed by atoms with van der Waals surface area (Å²) in [6, 6.07) is 6.36. The van der Waals surface area contributed by atoms with Gasteiger partial charge in [0, 0.05) is 29.2 Å². The highest BCUT2D eigenvalue weighted by atomic mass is 35.5. The van der Waals surface area contributed by atoms with Crippen molar-refractivity contribution in [1.29, 1.82) is 0 Å². The Balaban J connectivity index is 1.48. The van der Waals surface area contributed by atoms with Gasteiger partial charge in [0.25, 0.3) is 0 Å². The Labute approximate surface area is 182 Å². The van der Waals surface area contributed by atoms with Crippen molar-refractivity contribution in [3.63, 3.8) is 0 Å². The molecule has 0 amide bonds. The van der Waals surface area contributed by atoms with Crippen molar-refractivity contribution in [2.45, 2.75) is 44.5 Å². The van der Waals surface area contributed by atoms with Gasteiger partial charge in [-0.3, -0.25) is 4.79 Å². The fourth-order valence-corrected chi connectivity index (χ4v) is 4.61. The van der Waals surface area contributed by atoms with E-state index in [4.69, 9.17) is 16.3 Å². The molecule has 1 fully saturated rings. The molecule has 7 nitrogen and oxygen atoms in total. The Morgan fingerprint density at radius 2 is 2.20 bits per heavy atom. The van der Waals surface area contributed by atoms with Crippen LogP contribution in [0.4, 0.5) is 4.39 Å². The topological polar surface area (TPSA) is 74.8 Å². The number of halogens is 2. The molecule has 4 rings (SSSR count). The summed E-state index contributed by atoms with van der Waals surface area (Å²) in [5.41, 5.74) is 2.97. The average Bonchev–Trinajstić information content (AvgIpc) is 3.44. The third kappa shape index (κ3) is 4.28. The molecule has 0 bridgehead atoms. The van der Waals surface area contributed by atoms with Gasteiger partial charge in [-0.15, -0.1) is 5.10 Å². The predicted molar refractivity (Wildman–Crippen MR) is 112 cm³/mol. The van der Waals surface area contributed by atoms with Crippen LogP contribution in [-0.4, -0.2) is 49.0 Å². The second kappa shape index (κ2) is 8.87. The Morgan fingerprint density at radius 1 is 1.37 bits per heavy atom. The molecule has 0 radical (unpaired) electrons. The number of thioether (sulfide) groups is 1. The highest BCUT2D eigenvalue weighted by Crippen LogP contribution is 2.26. The van der Waals surface area contributed by atoms with Gasteiger partial charge in [0.15, 0.2) is 5.78 Å². The standard InChI is InChI=1S/C20H21ClFN5O2S/c1-12-8-16(13(2)27(12)14-5-6-18(22)17(21)9-14)19(28)11-30-20-23-24-25-26(20)10-15-4-3-7-29-15/h5-6,8-9,15H,3-4,7,10-11H2,1-2H3/t15-/m1/s1. The summed E-state index contributed by atoms with van der Waals surface area (Å²) in [4.78, 5) is 12.9. The lowest BCUT2D eigenvalue weighted by Gasteiger charge is -2.11. The summed E-state index contributed by atoms with van der Waals surface area (Å²) in [6.45, 7) is 5.12. The number of benzene rings is 1. The first-order chi connectivity index (χ1) is 14.4. The number of carbonyl (C=O) groups excluding carboxylic acids is 1. The number of hydrogen-bond donors (Lipinski definition) is 0. The molecule has 10 heteroatoms. The van der Waals surface area contributed by atoms with Crippen LogP contribution in [0, 0.1) is 19.7 Å². The molecule has 0 saturated carbocycles. The molecule has 0 unspecified atom stereocenters. The summed E-state index contributed by atoms with van der Waals surface area (Å²) in [7, 11) is 0. The van der Waals surface area contributed by atoms with E-state index in [1.807, 2.05) is 24.5 Å². The number of hydrogen-bond acceptors (Lipinski definition) is 6. The van der Waals surface area contributed by atoms with Gasteiger partial charge in [0.05, 0.1) is 23.4 Å². The van der Waals surface area contributed by atoms with Crippen LogP contribution in [-0.2, 0) is 11.3 Å². The van der Waals surface area contributed by atoms with Crippen LogP contribution in [0.2, 0.25) is 5.02 Å². The predicted octanol–water partition coefficient (Wildman–Crippen LogP) is 4.03.